The average molecular weight is 463 g/mol. The van der Waals surface area contributed by atoms with Crippen LogP contribution in [-0.2, 0) is 18.7 Å². The molecule has 1 fully saturated rings. The average Bonchev–Trinajstić information content (AvgIpc) is 2.70. The largest absolute Gasteiger partial charge is 0.407 e. The van der Waals surface area contributed by atoms with Gasteiger partial charge in [0.2, 0.25) is 0 Å². The Kier molecular flexibility index (Phi) is 7.43. The summed E-state index contributed by atoms with van der Waals surface area (Å²) in [6, 6.07) is 20.7. The Morgan fingerprint density at radius 3 is 1.94 bits per heavy atom. The molecular formula is C24H34O5SSi. The fourth-order valence-electron chi connectivity index (χ4n) is 4.73. The first-order valence-corrected chi connectivity index (χ1v) is 14.6. The summed E-state index contributed by atoms with van der Waals surface area (Å²) < 4.78 is 36.0. The molecule has 3 atom stereocenters. The van der Waals surface area contributed by atoms with Gasteiger partial charge in [0, 0.05) is 12.5 Å². The van der Waals surface area contributed by atoms with Crippen molar-refractivity contribution in [2.75, 3.05) is 12.9 Å². The zero-order valence-corrected chi connectivity index (χ0v) is 20.6. The second-order valence-electron chi connectivity index (χ2n) is 9.54. The number of aliphatic hydroxyl groups is 1. The van der Waals surface area contributed by atoms with Gasteiger partial charge in [0.1, 0.15) is 0 Å². The lowest BCUT2D eigenvalue weighted by Gasteiger charge is -2.44. The van der Waals surface area contributed by atoms with Crippen LogP contribution >= 0.6 is 0 Å². The van der Waals surface area contributed by atoms with E-state index < -0.39 is 30.6 Å². The fourth-order valence-corrected chi connectivity index (χ4v) is 10.1. The van der Waals surface area contributed by atoms with E-state index >= 15 is 0 Å². The van der Waals surface area contributed by atoms with Crippen LogP contribution < -0.4 is 10.4 Å². The van der Waals surface area contributed by atoms with E-state index in [0.29, 0.717) is 25.9 Å². The number of benzene rings is 2. The molecule has 0 spiro atoms. The molecule has 3 rings (SSSR count). The lowest BCUT2D eigenvalue weighted by atomic mass is 9.85. The summed E-state index contributed by atoms with van der Waals surface area (Å²) in [7, 11) is -6.32. The molecule has 0 saturated heterocycles. The van der Waals surface area contributed by atoms with E-state index in [1.807, 2.05) is 36.4 Å². The minimum Gasteiger partial charge on any atom is -0.407 e. The van der Waals surface area contributed by atoms with Crippen LogP contribution in [0.3, 0.4) is 0 Å². The molecule has 0 radical (unpaired) electrons. The van der Waals surface area contributed by atoms with Crippen molar-refractivity contribution in [1.29, 1.82) is 0 Å². The van der Waals surface area contributed by atoms with E-state index in [2.05, 4.69) is 45.0 Å². The summed E-state index contributed by atoms with van der Waals surface area (Å²) in [5, 5.41) is 12.4. The van der Waals surface area contributed by atoms with E-state index in [4.69, 9.17) is 8.61 Å². The van der Waals surface area contributed by atoms with Crippen molar-refractivity contribution in [2.24, 2.45) is 5.92 Å². The monoisotopic (exact) mass is 462 g/mol. The molecule has 7 heteroatoms. The van der Waals surface area contributed by atoms with Gasteiger partial charge in [-0.15, -0.1) is 0 Å². The fraction of sp³-hybridized carbons (Fsp3) is 0.500. The SMILES string of the molecule is CC(C)(C)[Si](OC[C@@H]1C[C@H](O)CC[C@@H]1OS(C)(=O)=O)(c1ccccc1)c1ccccc1. The van der Waals surface area contributed by atoms with Gasteiger partial charge in [0.25, 0.3) is 18.4 Å². The second-order valence-corrected chi connectivity index (χ2v) is 15.4. The van der Waals surface area contributed by atoms with E-state index in [1.54, 1.807) is 0 Å². The normalized spacial score (nSPS) is 22.9. The van der Waals surface area contributed by atoms with Crippen molar-refractivity contribution in [1.82, 2.24) is 0 Å². The van der Waals surface area contributed by atoms with Gasteiger partial charge in [-0.25, -0.2) is 0 Å². The van der Waals surface area contributed by atoms with Crippen molar-refractivity contribution < 1.29 is 22.1 Å². The van der Waals surface area contributed by atoms with E-state index in [1.165, 1.54) is 10.4 Å². The number of hydrogen-bond donors (Lipinski definition) is 1. The topological polar surface area (TPSA) is 72.8 Å². The highest BCUT2D eigenvalue weighted by molar-refractivity contribution is 7.86. The Labute approximate surface area is 187 Å². The summed E-state index contributed by atoms with van der Waals surface area (Å²) in [5.74, 6) is -0.194. The molecule has 1 saturated carbocycles. The lowest BCUT2D eigenvalue weighted by molar-refractivity contribution is 0.00381. The molecule has 31 heavy (non-hydrogen) atoms. The molecule has 0 aliphatic heterocycles. The third kappa shape index (κ3) is 5.65. The van der Waals surface area contributed by atoms with E-state index in [9.17, 15) is 13.5 Å². The number of aliphatic hydroxyl groups excluding tert-OH is 1. The molecule has 1 aliphatic carbocycles. The summed E-state index contributed by atoms with van der Waals surface area (Å²) in [5.41, 5.74) is 0. The molecule has 1 aliphatic rings. The Balaban J connectivity index is 2.00. The van der Waals surface area contributed by atoms with Gasteiger partial charge in [-0.2, -0.15) is 8.42 Å². The molecule has 2 aromatic carbocycles. The van der Waals surface area contributed by atoms with Crippen LogP contribution in [0.4, 0.5) is 0 Å². The highest BCUT2D eigenvalue weighted by atomic mass is 32.2. The van der Waals surface area contributed by atoms with Gasteiger partial charge in [-0.05, 0) is 34.7 Å². The Bertz CT molecular complexity index is 901. The Morgan fingerprint density at radius 2 is 1.48 bits per heavy atom. The number of rotatable bonds is 7. The summed E-state index contributed by atoms with van der Waals surface area (Å²) in [6.45, 7) is 6.96. The van der Waals surface area contributed by atoms with Crippen molar-refractivity contribution in [3.63, 3.8) is 0 Å². The van der Waals surface area contributed by atoms with Gasteiger partial charge >= 0.3 is 0 Å². The first-order valence-electron chi connectivity index (χ1n) is 10.8. The molecule has 5 nitrogen and oxygen atoms in total. The van der Waals surface area contributed by atoms with Crippen LogP contribution in [0.5, 0.6) is 0 Å². The predicted octanol–water partition coefficient (Wildman–Crippen LogP) is 3.07. The van der Waals surface area contributed by atoms with Crippen LogP contribution in [0.1, 0.15) is 40.0 Å². The summed E-state index contributed by atoms with van der Waals surface area (Å²) in [4.78, 5) is 0. The molecule has 2 aromatic rings. The smallest absolute Gasteiger partial charge is 0.264 e. The third-order valence-electron chi connectivity index (χ3n) is 6.11. The van der Waals surface area contributed by atoms with Crippen LogP contribution in [0.25, 0.3) is 0 Å². The molecule has 0 unspecified atom stereocenters. The van der Waals surface area contributed by atoms with Crippen LogP contribution in [-0.4, -0.2) is 46.9 Å². The zero-order valence-electron chi connectivity index (χ0n) is 18.8. The first kappa shape index (κ1) is 24.1. The summed E-state index contributed by atoms with van der Waals surface area (Å²) >= 11 is 0. The molecule has 1 N–H and O–H groups in total. The van der Waals surface area contributed by atoms with Crippen LogP contribution in [0, 0.1) is 5.92 Å². The minimum atomic E-state index is -3.59. The van der Waals surface area contributed by atoms with Crippen LogP contribution in [0.15, 0.2) is 60.7 Å². The highest BCUT2D eigenvalue weighted by Gasteiger charge is 2.51. The quantitative estimate of drug-likeness (QED) is 0.506. The van der Waals surface area contributed by atoms with E-state index in [-0.39, 0.29) is 11.0 Å². The van der Waals surface area contributed by atoms with Crippen molar-refractivity contribution in [3.05, 3.63) is 60.7 Å². The second kappa shape index (κ2) is 9.54. The van der Waals surface area contributed by atoms with Crippen molar-refractivity contribution in [3.8, 4) is 0 Å². The zero-order chi connectivity index (χ0) is 22.7. The van der Waals surface area contributed by atoms with Gasteiger partial charge in [-0.3, -0.25) is 4.18 Å². The maximum absolute atomic E-state index is 11.8. The third-order valence-corrected chi connectivity index (χ3v) is 11.7. The molecule has 0 heterocycles. The predicted molar refractivity (Wildman–Crippen MR) is 127 cm³/mol. The van der Waals surface area contributed by atoms with Gasteiger partial charge in [-0.1, -0.05) is 81.4 Å². The van der Waals surface area contributed by atoms with Crippen molar-refractivity contribution >= 4 is 28.8 Å². The van der Waals surface area contributed by atoms with Gasteiger partial charge in [0.05, 0.1) is 18.5 Å². The molecule has 0 bridgehead atoms. The Hall–Kier alpha value is -1.51. The van der Waals surface area contributed by atoms with Gasteiger partial charge in [0.15, 0.2) is 0 Å². The van der Waals surface area contributed by atoms with Gasteiger partial charge < -0.3 is 9.53 Å². The van der Waals surface area contributed by atoms with Crippen molar-refractivity contribution in [2.45, 2.75) is 57.3 Å². The first-order chi connectivity index (χ1) is 14.5. The molecule has 0 amide bonds. The maximum atomic E-state index is 11.8. The lowest BCUT2D eigenvalue weighted by Crippen LogP contribution is -2.67. The molecule has 0 aromatic heterocycles. The molecule has 170 valence electrons. The van der Waals surface area contributed by atoms with Crippen LogP contribution in [0.2, 0.25) is 5.04 Å². The number of hydrogen-bond acceptors (Lipinski definition) is 5. The van der Waals surface area contributed by atoms with E-state index in [0.717, 1.165) is 6.26 Å². The molecular weight excluding hydrogens is 428 g/mol. The highest BCUT2D eigenvalue weighted by Crippen LogP contribution is 2.38. The standard InChI is InChI=1S/C24H34O5SSi/c1-24(2,3)31(21-11-7-5-8-12-21,22-13-9-6-10-14-22)28-18-19-17-20(25)15-16-23(19)29-30(4,26)27/h5-14,19-20,23,25H,15-18H2,1-4H3/t19-,20+,23-/m0/s1. The summed E-state index contributed by atoms with van der Waals surface area (Å²) in [6.07, 6.45) is 1.65. The Morgan fingerprint density at radius 1 is 0.968 bits per heavy atom. The minimum absolute atomic E-state index is 0.170. The maximum Gasteiger partial charge on any atom is 0.264 e.